The lowest BCUT2D eigenvalue weighted by Crippen LogP contribution is -2.30. The maximum absolute atomic E-state index is 9.90. The highest BCUT2D eigenvalue weighted by molar-refractivity contribution is 7.58. The fourth-order valence-electron chi connectivity index (χ4n) is 4.69. The van der Waals surface area contributed by atoms with Gasteiger partial charge in [0.15, 0.2) is 20.3 Å². The topological polar surface area (TPSA) is 172 Å². The van der Waals surface area contributed by atoms with E-state index in [9.17, 15) is 9.69 Å². The number of carbonyl (C=O) groups excluding carboxylic acids is 1. The first-order valence-corrected chi connectivity index (χ1v) is 18.2. The van der Waals surface area contributed by atoms with Gasteiger partial charge in [0.1, 0.15) is 12.4 Å². The van der Waals surface area contributed by atoms with Crippen LogP contribution in [0.25, 0.3) is 11.0 Å². The Morgan fingerprint density at radius 2 is 1.78 bits per heavy atom. The lowest BCUT2D eigenvalue weighted by atomic mass is 10.1. The zero-order chi connectivity index (χ0) is 32.8. The number of aromatic nitrogens is 4. The van der Waals surface area contributed by atoms with Crippen LogP contribution in [0.1, 0.15) is 38.3 Å². The molecule has 3 N–H and O–H groups in total. The van der Waals surface area contributed by atoms with E-state index in [-0.39, 0.29) is 32.3 Å². The van der Waals surface area contributed by atoms with Gasteiger partial charge in [-0.15, -0.1) is 6.42 Å². The van der Waals surface area contributed by atoms with Gasteiger partial charge >= 0.3 is 0 Å². The van der Waals surface area contributed by atoms with E-state index in [1.807, 2.05) is 0 Å². The molecule has 4 atom stereocenters. The molecule has 4 rings (SSSR count). The average molecular weight is 707 g/mol. The van der Waals surface area contributed by atoms with Crippen molar-refractivity contribution in [2.24, 2.45) is 0 Å². The summed E-state index contributed by atoms with van der Waals surface area (Å²) in [6.45, 7) is 6.62. The zero-order valence-electron chi connectivity index (χ0n) is 25.9. The number of rotatable bonds is 21. The summed E-state index contributed by atoms with van der Waals surface area (Å²) in [5.74, 6) is 3.49. The number of ether oxygens (including phenoxy) is 5. The number of carbonyl (C=O) groups is 1. The second-order valence-electron chi connectivity index (χ2n) is 10.1. The van der Waals surface area contributed by atoms with Gasteiger partial charge in [-0.1, -0.05) is 5.92 Å². The zero-order valence-corrected chi connectivity index (χ0v) is 28.6. The van der Waals surface area contributed by atoms with Crippen LogP contribution in [-0.2, 0) is 33.0 Å². The molecule has 4 unspecified atom stereocenters. The minimum absolute atomic E-state index is 0.123. The Hall–Kier alpha value is -1.79. The molecule has 0 aliphatic carbocycles. The van der Waals surface area contributed by atoms with Gasteiger partial charge in [-0.3, -0.25) is 4.79 Å². The summed E-state index contributed by atoms with van der Waals surface area (Å²) < 4.78 is 33.9. The first-order chi connectivity index (χ1) is 22.6. The number of nitrogens with zero attached hydrogens (tertiary/aromatic N) is 5. The minimum Gasteiger partial charge on any atom is -0.377 e. The second-order valence-corrected chi connectivity index (χ2v) is 13.0. The molecule has 0 bridgehead atoms. The van der Waals surface area contributed by atoms with E-state index in [2.05, 4.69) is 31.2 Å². The highest BCUT2D eigenvalue weighted by atomic mass is 35.5. The Morgan fingerprint density at radius 1 is 1.09 bits per heavy atom. The molecule has 4 heterocycles. The Bertz CT molecular complexity index is 1170. The number of terminal acetylenes is 1. The van der Waals surface area contributed by atoms with Crippen LogP contribution in [0.3, 0.4) is 0 Å². The maximum Gasteiger partial charge on any atom is 0.226 e. The van der Waals surface area contributed by atoms with E-state index in [1.165, 1.54) is 6.42 Å². The van der Waals surface area contributed by atoms with E-state index < -0.39 is 8.38 Å². The van der Waals surface area contributed by atoms with Gasteiger partial charge < -0.3 is 48.2 Å². The van der Waals surface area contributed by atoms with Gasteiger partial charge in [0.05, 0.1) is 76.4 Å². The number of hydrogen-bond acceptors (Lipinski definition) is 13. The smallest absolute Gasteiger partial charge is 0.226 e. The molecule has 0 saturated carbocycles. The van der Waals surface area contributed by atoms with Crippen molar-refractivity contribution in [1.29, 1.82) is 0 Å². The Labute approximate surface area is 277 Å². The van der Waals surface area contributed by atoms with E-state index in [4.69, 9.17) is 51.1 Å². The van der Waals surface area contributed by atoms with Crippen LogP contribution in [0.5, 0.6) is 0 Å². The predicted molar refractivity (Wildman–Crippen MR) is 176 cm³/mol. The van der Waals surface area contributed by atoms with Crippen LogP contribution in [0.2, 0.25) is 5.28 Å². The van der Waals surface area contributed by atoms with Crippen molar-refractivity contribution in [3.63, 3.8) is 0 Å². The summed E-state index contributed by atoms with van der Waals surface area (Å²) in [4.78, 5) is 39.6. The van der Waals surface area contributed by atoms with E-state index in [0.29, 0.717) is 78.1 Å². The number of halogens is 1. The molecule has 18 heteroatoms. The summed E-state index contributed by atoms with van der Waals surface area (Å²) in [6, 6.07) is 0. The van der Waals surface area contributed by atoms with Crippen molar-refractivity contribution in [3.05, 3.63) is 11.5 Å². The number of anilines is 1. The van der Waals surface area contributed by atoms with Gasteiger partial charge in [0.25, 0.3) is 0 Å². The normalized spacial score (nSPS) is 18.9. The van der Waals surface area contributed by atoms with E-state index in [0.717, 1.165) is 50.0 Å². The maximum atomic E-state index is 9.90. The molecule has 1 amide bonds. The Balaban J connectivity index is 0.000000280. The number of fused-ring (bicyclic) bond motifs is 1. The first kappa shape index (κ1) is 38.7. The van der Waals surface area contributed by atoms with Crippen LogP contribution in [-0.4, -0.2) is 127 Å². The van der Waals surface area contributed by atoms with Crippen LogP contribution in [0.15, 0.2) is 6.20 Å². The molecule has 0 radical (unpaired) electrons. The standard InChI is InChI=1S/C16H24ClN5O4P2.C12H21NO5/c17-16-19-14(21-6-2-1-3-7-21)12-8-18-22(15(12)20-16)13-5-4-11(26-13)9-25-28(24)10-27-23;1-2-4-15-6-8-17-10-11-18-9-7-16-5-3-13-12-14/h8,11,13,23-24,27H,1-7,9-10H2;1,12H,3-11H2,(H,13,14). The monoisotopic (exact) mass is 706 g/mol. The molecule has 2 fully saturated rings. The molecule has 2 aliphatic heterocycles. The van der Waals surface area contributed by atoms with E-state index >= 15 is 0 Å². The second kappa shape index (κ2) is 23.5. The third-order valence-electron chi connectivity index (χ3n) is 6.81. The van der Waals surface area contributed by atoms with Crippen molar-refractivity contribution in [2.75, 3.05) is 89.9 Å². The highest BCUT2D eigenvalue weighted by Crippen LogP contribution is 2.39. The highest BCUT2D eigenvalue weighted by Gasteiger charge is 2.30. The summed E-state index contributed by atoms with van der Waals surface area (Å²) in [5, 5.41) is 8.11. The molecule has 0 spiro atoms. The first-order valence-electron chi connectivity index (χ1n) is 15.3. The third kappa shape index (κ3) is 14.1. The summed E-state index contributed by atoms with van der Waals surface area (Å²) in [5.41, 5.74) is 0.679. The van der Waals surface area contributed by atoms with Crippen molar-refractivity contribution < 1.29 is 42.8 Å². The van der Waals surface area contributed by atoms with Crippen LogP contribution in [0, 0.1) is 12.3 Å². The average Bonchev–Trinajstić information content (AvgIpc) is 3.71. The molecule has 2 aromatic heterocycles. The fourth-order valence-corrected chi connectivity index (χ4v) is 6.04. The number of amides is 1. The lowest BCUT2D eigenvalue weighted by Gasteiger charge is -2.28. The lowest BCUT2D eigenvalue weighted by molar-refractivity contribution is -0.109. The summed E-state index contributed by atoms with van der Waals surface area (Å²) in [7, 11) is -1.89. The molecule has 2 aromatic rings. The van der Waals surface area contributed by atoms with Crippen LogP contribution < -0.4 is 10.2 Å². The van der Waals surface area contributed by atoms with Crippen molar-refractivity contribution in [2.45, 2.75) is 44.4 Å². The largest absolute Gasteiger partial charge is 0.377 e. The fraction of sp³-hybridized carbons (Fsp3) is 0.714. The SMILES string of the molecule is C#CCOCCOCCOCCOCCNC=O.OPCP(O)OCC1CCC(n2ncc3c(N4CCCCC4)nc(Cl)nc32)O1. The molecular formula is C28H45ClN6O9P2. The van der Waals surface area contributed by atoms with Gasteiger partial charge in [0.2, 0.25) is 11.7 Å². The summed E-state index contributed by atoms with van der Waals surface area (Å²) >= 11 is 6.23. The van der Waals surface area contributed by atoms with Gasteiger partial charge in [-0.05, 0) is 43.7 Å². The third-order valence-corrected chi connectivity index (χ3v) is 9.07. The van der Waals surface area contributed by atoms with Crippen LogP contribution in [0.4, 0.5) is 5.82 Å². The Kier molecular flexibility index (Phi) is 19.8. The number of nitrogens with one attached hydrogen (secondary N) is 1. The molecule has 0 aromatic carbocycles. The molecule has 258 valence electrons. The van der Waals surface area contributed by atoms with Gasteiger partial charge in [0, 0.05) is 28.4 Å². The van der Waals surface area contributed by atoms with Crippen LogP contribution >= 0.6 is 28.8 Å². The Morgan fingerprint density at radius 3 is 2.46 bits per heavy atom. The van der Waals surface area contributed by atoms with Crippen molar-refractivity contribution >= 4 is 52.0 Å². The quantitative estimate of drug-likeness (QED) is 0.0569. The van der Waals surface area contributed by atoms with Crippen molar-refractivity contribution in [1.82, 2.24) is 25.1 Å². The predicted octanol–water partition coefficient (Wildman–Crippen LogP) is 2.44. The van der Waals surface area contributed by atoms with Gasteiger partial charge in [-0.25, -0.2) is 4.68 Å². The van der Waals surface area contributed by atoms with Crippen molar-refractivity contribution in [3.8, 4) is 12.3 Å². The number of piperidine rings is 1. The minimum atomic E-state index is -1.58. The summed E-state index contributed by atoms with van der Waals surface area (Å²) in [6.07, 6.45) is 12.2. The number of hydrogen-bond donors (Lipinski definition) is 3. The molecule has 2 aliphatic rings. The molecular weight excluding hydrogens is 662 g/mol. The molecule has 15 nitrogen and oxygen atoms in total. The molecule has 46 heavy (non-hydrogen) atoms. The van der Waals surface area contributed by atoms with E-state index in [1.54, 1.807) is 10.9 Å². The molecule has 2 saturated heterocycles. The van der Waals surface area contributed by atoms with Gasteiger partial charge in [-0.2, -0.15) is 15.1 Å².